The Bertz CT molecular complexity index is 211. The van der Waals surface area contributed by atoms with E-state index in [4.69, 9.17) is 0 Å². The van der Waals surface area contributed by atoms with E-state index in [2.05, 4.69) is 17.0 Å². The maximum atomic E-state index is 11.0. The highest BCUT2D eigenvalue weighted by Gasteiger charge is 2.26. The monoisotopic (exact) mass is 245 g/mol. The minimum absolute atomic E-state index is 0.0939. The number of nitrogens with one attached hydrogen (secondary N) is 1. The molecule has 0 radical (unpaired) electrons. The molecule has 16 heavy (non-hydrogen) atoms. The summed E-state index contributed by atoms with van der Waals surface area (Å²) < 4.78 is 4.64. The van der Waals surface area contributed by atoms with Crippen LogP contribution in [-0.4, -0.2) is 36.7 Å². The van der Waals surface area contributed by atoms with Crippen molar-refractivity contribution in [3.63, 3.8) is 0 Å². The number of carbonyl (C=O) groups is 1. The third kappa shape index (κ3) is 4.74. The summed E-state index contributed by atoms with van der Waals surface area (Å²) in [4.78, 5) is 11.0. The molecule has 1 aliphatic carbocycles. The quantitative estimate of drug-likeness (QED) is 0.698. The molecule has 2 unspecified atom stereocenters. The minimum atomic E-state index is -0.0939. The van der Waals surface area contributed by atoms with Crippen LogP contribution in [0, 0.1) is 0 Å². The topological polar surface area (TPSA) is 38.3 Å². The predicted octanol–water partition coefficient (Wildman–Crippen LogP) is 2.20. The lowest BCUT2D eigenvalue weighted by atomic mass is 10.2. The van der Waals surface area contributed by atoms with Crippen LogP contribution in [0.5, 0.6) is 0 Å². The summed E-state index contributed by atoms with van der Waals surface area (Å²) in [7, 11) is 1.45. The van der Waals surface area contributed by atoms with Crippen LogP contribution in [0.15, 0.2) is 0 Å². The smallest absolute Gasteiger partial charge is 0.306 e. The van der Waals surface area contributed by atoms with Crippen molar-refractivity contribution in [3.8, 4) is 0 Å². The lowest BCUT2D eigenvalue weighted by molar-refractivity contribution is -0.140. The molecule has 0 aromatic carbocycles. The van der Waals surface area contributed by atoms with E-state index < -0.39 is 0 Å². The molecule has 0 aromatic heterocycles. The van der Waals surface area contributed by atoms with Crippen molar-refractivity contribution in [3.05, 3.63) is 0 Å². The van der Waals surface area contributed by atoms with Gasteiger partial charge in [-0.1, -0.05) is 13.3 Å². The number of hydrogen-bond acceptors (Lipinski definition) is 4. The Morgan fingerprint density at radius 2 is 2.31 bits per heavy atom. The normalized spacial score (nSPS) is 24.6. The molecule has 0 bridgehead atoms. The van der Waals surface area contributed by atoms with E-state index in [-0.39, 0.29) is 5.97 Å². The molecule has 1 N–H and O–H groups in total. The molecule has 1 saturated carbocycles. The van der Waals surface area contributed by atoms with E-state index in [9.17, 15) is 4.79 Å². The van der Waals surface area contributed by atoms with Crippen molar-refractivity contribution in [1.82, 2.24) is 5.32 Å². The van der Waals surface area contributed by atoms with Gasteiger partial charge in [-0.3, -0.25) is 4.79 Å². The average molecular weight is 245 g/mol. The summed E-state index contributed by atoms with van der Waals surface area (Å²) in [5, 5.41) is 4.29. The van der Waals surface area contributed by atoms with E-state index in [1.165, 1.54) is 32.8 Å². The highest BCUT2D eigenvalue weighted by atomic mass is 32.2. The zero-order valence-corrected chi connectivity index (χ0v) is 11.1. The fourth-order valence-electron chi connectivity index (χ4n) is 2.08. The zero-order valence-electron chi connectivity index (χ0n) is 10.3. The van der Waals surface area contributed by atoms with Crippen LogP contribution >= 0.6 is 11.8 Å². The first kappa shape index (κ1) is 13.8. The van der Waals surface area contributed by atoms with Gasteiger partial charge in [-0.2, -0.15) is 11.8 Å². The Hall–Kier alpha value is -0.220. The fourth-order valence-corrected chi connectivity index (χ4v) is 3.47. The number of rotatable bonds is 7. The molecule has 0 saturated heterocycles. The van der Waals surface area contributed by atoms with Gasteiger partial charge in [0.2, 0.25) is 0 Å². The zero-order chi connectivity index (χ0) is 11.8. The van der Waals surface area contributed by atoms with Crippen LogP contribution in [0.1, 0.15) is 39.0 Å². The average Bonchev–Trinajstić information content (AvgIpc) is 2.73. The number of hydrogen-bond donors (Lipinski definition) is 1. The van der Waals surface area contributed by atoms with Crippen LogP contribution < -0.4 is 5.32 Å². The van der Waals surface area contributed by atoms with Gasteiger partial charge in [0.15, 0.2) is 0 Å². The number of esters is 1. The molecule has 0 spiro atoms. The molecule has 0 aromatic rings. The molecular weight excluding hydrogens is 222 g/mol. The lowest BCUT2D eigenvalue weighted by Gasteiger charge is -2.20. The standard InChI is InChI=1S/C12H23NO2S/c1-3-8-13-10-5-4-6-11(10)16-9-7-12(14)15-2/h10-11,13H,3-9H2,1-2H3. The van der Waals surface area contributed by atoms with E-state index >= 15 is 0 Å². The van der Waals surface area contributed by atoms with Crippen LogP contribution in [0.25, 0.3) is 0 Å². The van der Waals surface area contributed by atoms with Crippen LogP contribution in [0.2, 0.25) is 0 Å². The Labute approximate surface area is 103 Å². The molecule has 0 heterocycles. The molecular formula is C12H23NO2S. The van der Waals surface area contributed by atoms with Gasteiger partial charge in [0.05, 0.1) is 13.5 Å². The third-order valence-corrected chi connectivity index (χ3v) is 4.41. The Balaban J connectivity index is 2.16. The van der Waals surface area contributed by atoms with Crippen molar-refractivity contribution in [2.24, 2.45) is 0 Å². The van der Waals surface area contributed by atoms with E-state index in [1.807, 2.05) is 11.8 Å². The van der Waals surface area contributed by atoms with Crippen molar-refractivity contribution in [1.29, 1.82) is 0 Å². The van der Waals surface area contributed by atoms with Gasteiger partial charge in [0.25, 0.3) is 0 Å². The summed E-state index contributed by atoms with van der Waals surface area (Å²) in [5.74, 6) is 0.797. The Morgan fingerprint density at radius 1 is 1.50 bits per heavy atom. The van der Waals surface area contributed by atoms with Crippen LogP contribution in [0.4, 0.5) is 0 Å². The minimum Gasteiger partial charge on any atom is -0.469 e. The summed E-state index contributed by atoms with van der Waals surface area (Å²) in [6, 6.07) is 0.655. The molecule has 1 rings (SSSR count). The first-order valence-electron chi connectivity index (χ1n) is 6.19. The molecule has 0 amide bonds. The predicted molar refractivity (Wildman–Crippen MR) is 68.8 cm³/mol. The number of methoxy groups -OCH3 is 1. The highest BCUT2D eigenvalue weighted by Crippen LogP contribution is 2.30. The Morgan fingerprint density at radius 3 is 3.00 bits per heavy atom. The molecule has 2 atom stereocenters. The van der Waals surface area contributed by atoms with Crippen molar-refractivity contribution in [2.75, 3.05) is 19.4 Å². The van der Waals surface area contributed by atoms with E-state index in [0.29, 0.717) is 17.7 Å². The summed E-state index contributed by atoms with van der Waals surface area (Å²) in [5.41, 5.74) is 0. The van der Waals surface area contributed by atoms with Crippen LogP contribution in [-0.2, 0) is 9.53 Å². The van der Waals surface area contributed by atoms with E-state index in [1.54, 1.807) is 0 Å². The third-order valence-electron chi connectivity index (χ3n) is 2.97. The maximum absolute atomic E-state index is 11.0. The summed E-state index contributed by atoms with van der Waals surface area (Å²) >= 11 is 1.92. The van der Waals surface area contributed by atoms with Gasteiger partial charge < -0.3 is 10.1 Å². The highest BCUT2D eigenvalue weighted by molar-refractivity contribution is 8.00. The van der Waals surface area contributed by atoms with Crippen molar-refractivity contribution < 1.29 is 9.53 Å². The second kappa shape index (κ2) is 7.96. The number of carbonyl (C=O) groups excluding carboxylic acids is 1. The first-order chi connectivity index (χ1) is 7.77. The molecule has 1 fully saturated rings. The van der Waals surface area contributed by atoms with Gasteiger partial charge in [0.1, 0.15) is 0 Å². The Kier molecular flexibility index (Phi) is 6.88. The van der Waals surface area contributed by atoms with Crippen LogP contribution in [0.3, 0.4) is 0 Å². The first-order valence-corrected chi connectivity index (χ1v) is 7.24. The molecule has 0 aliphatic heterocycles. The SMILES string of the molecule is CCCNC1CCCC1SCCC(=O)OC. The van der Waals surface area contributed by atoms with Gasteiger partial charge in [-0.05, 0) is 25.8 Å². The number of ether oxygens (including phenoxy) is 1. The molecule has 4 heteroatoms. The maximum Gasteiger partial charge on any atom is 0.306 e. The number of thioether (sulfide) groups is 1. The summed E-state index contributed by atoms with van der Waals surface area (Å²) in [6.45, 7) is 3.31. The van der Waals surface area contributed by atoms with Gasteiger partial charge in [-0.25, -0.2) is 0 Å². The summed E-state index contributed by atoms with van der Waals surface area (Å²) in [6.07, 6.45) is 5.62. The molecule has 1 aliphatic rings. The lowest BCUT2D eigenvalue weighted by Crippen LogP contribution is -2.34. The molecule has 3 nitrogen and oxygen atoms in total. The second-order valence-corrected chi connectivity index (χ2v) is 5.57. The van der Waals surface area contributed by atoms with Crippen molar-refractivity contribution in [2.45, 2.75) is 50.3 Å². The molecule has 94 valence electrons. The van der Waals surface area contributed by atoms with Gasteiger partial charge in [-0.15, -0.1) is 0 Å². The largest absolute Gasteiger partial charge is 0.469 e. The van der Waals surface area contributed by atoms with Crippen molar-refractivity contribution >= 4 is 17.7 Å². The van der Waals surface area contributed by atoms with Gasteiger partial charge in [0, 0.05) is 17.0 Å². The fraction of sp³-hybridized carbons (Fsp3) is 0.917. The van der Waals surface area contributed by atoms with Gasteiger partial charge >= 0.3 is 5.97 Å². The van der Waals surface area contributed by atoms with E-state index in [0.717, 1.165) is 12.3 Å². The second-order valence-electron chi connectivity index (χ2n) is 4.23.